The van der Waals surface area contributed by atoms with E-state index in [1.54, 1.807) is 10.9 Å². The normalized spacial score (nSPS) is 9.78. The number of anilines is 1. The summed E-state index contributed by atoms with van der Waals surface area (Å²) in [4.78, 5) is 0. The third kappa shape index (κ3) is 3.25. The minimum Gasteiger partial charge on any atom is -0.479 e. The van der Waals surface area contributed by atoms with Gasteiger partial charge < -0.3 is 10.1 Å². The van der Waals surface area contributed by atoms with Crippen LogP contribution in [-0.4, -0.2) is 16.4 Å². The van der Waals surface area contributed by atoms with E-state index >= 15 is 0 Å². The second-order valence-corrected chi connectivity index (χ2v) is 3.85. The summed E-state index contributed by atoms with van der Waals surface area (Å²) < 4.78 is 6.99. The van der Waals surface area contributed by atoms with Crippen LogP contribution in [0.3, 0.4) is 0 Å². The molecule has 2 aromatic rings. The van der Waals surface area contributed by atoms with E-state index in [0.717, 1.165) is 11.3 Å². The summed E-state index contributed by atoms with van der Waals surface area (Å²) in [5.41, 5.74) is 2.06. The van der Waals surface area contributed by atoms with E-state index in [9.17, 15) is 0 Å². The highest BCUT2D eigenvalue weighted by Gasteiger charge is 1.98. The average Bonchev–Trinajstić information content (AvgIpc) is 2.80. The Morgan fingerprint density at radius 2 is 2.39 bits per heavy atom. The van der Waals surface area contributed by atoms with Crippen molar-refractivity contribution in [2.45, 2.75) is 6.54 Å². The lowest BCUT2D eigenvalue weighted by Gasteiger charge is -2.06. The minimum absolute atomic E-state index is 0.0689. The predicted octanol–water partition coefficient (Wildman–Crippen LogP) is 1.93. The Kier molecular flexibility index (Phi) is 3.82. The van der Waals surface area contributed by atoms with Gasteiger partial charge in [-0.3, -0.25) is 4.68 Å². The SMILES string of the molecule is Cn1cc(NCc2cccc(OCC#N)c2)cn1. The molecule has 1 N–H and O–H groups in total. The molecule has 0 saturated carbocycles. The molecule has 0 spiro atoms. The van der Waals surface area contributed by atoms with E-state index in [1.165, 1.54) is 0 Å². The lowest BCUT2D eigenvalue weighted by molar-refractivity contribution is 0.368. The topological polar surface area (TPSA) is 62.9 Å². The molecule has 1 aromatic heterocycles. The number of nitrogens with one attached hydrogen (secondary N) is 1. The molecular weight excluding hydrogens is 228 g/mol. The maximum atomic E-state index is 8.45. The zero-order chi connectivity index (χ0) is 12.8. The number of nitriles is 1. The Hall–Kier alpha value is -2.48. The molecule has 0 bridgehead atoms. The molecule has 5 heteroatoms. The first-order chi connectivity index (χ1) is 8.78. The lowest BCUT2D eigenvalue weighted by atomic mass is 10.2. The Balaban J connectivity index is 1.95. The van der Waals surface area contributed by atoms with E-state index in [-0.39, 0.29) is 6.61 Å². The van der Waals surface area contributed by atoms with E-state index in [0.29, 0.717) is 12.3 Å². The third-order valence-electron chi connectivity index (χ3n) is 2.40. The fraction of sp³-hybridized carbons (Fsp3) is 0.231. The molecule has 5 nitrogen and oxygen atoms in total. The summed E-state index contributed by atoms with van der Waals surface area (Å²) >= 11 is 0. The summed E-state index contributed by atoms with van der Waals surface area (Å²) in [6, 6.07) is 9.62. The molecular formula is C13H14N4O. The number of aryl methyl sites for hydroxylation is 1. The molecule has 18 heavy (non-hydrogen) atoms. The first kappa shape index (κ1) is 12.0. The van der Waals surface area contributed by atoms with Crippen LogP contribution < -0.4 is 10.1 Å². The molecule has 0 aliphatic rings. The molecule has 0 fully saturated rings. The highest BCUT2D eigenvalue weighted by atomic mass is 16.5. The number of benzene rings is 1. The van der Waals surface area contributed by atoms with E-state index in [4.69, 9.17) is 10.00 Å². The van der Waals surface area contributed by atoms with E-state index in [1.807, 2.05) is 43.6 Å². The molecule has 0 atom stereocenters. The summed E-state index contributed by atoms with van der Waals surface area (Å²) in [7, 11) is 1.88. The lowest BCUT2D eigenvalue weighted by Crippen LogP contribution is -1.99. The van der Waals surface area contributed by atoms with Crippen molar-refractivity contribution in [1.29, 1.82) is 5.26 Å². The van der Waals surface area contributed by atoms with Crippen LogP contribution in [0.25, 0.3) is 0 Å². The maximum Gasteiger partial charge on any atom is 0.174 e. The van der Waals surface area contributed by atoms with Crippen molar-refractivity contribution >= 4 is 5.69 Å². The fourth-order valence-corrected chi connectivity index (χ4v) is 1.58. The average molecular weight is 242 g/mol. The molecule has 2 rings (SSSR count). The Morgan fingerprint density at radius 1 is 1.50 bits per heavy atom. The van der Waals surface area contributed by atoms with Gasteiger partial charge in [-0.05, 0) is 17.7 Å². The fourth-order valence-electron chi connectivity index (χ4n) is 1.58. The van der Waals surface area contributed by atoms with Crippen molar-refractivity contribution in [1.82, 2.24) is 9.78 Å². The van der Waals surface area contributed by atoms with Gasteiger partial charge in [-0.2, -0.15) is 10.4 Å². The smallest absolute Gasteiger partial charge is 0.174 e. The molecule has 1 aromatic carbocycles. The van der Waals surface area contributed by atoms with Crippen LogP contribution in [0.1, 0.15) is 5.56 Å². The zero-order valence-electron chi connectivity index (χ0n) is 10.1. The molecule has 0 aliphatic carbocycles. The summed E-state index contributed by atoms with van der Waals surface area (Å²) in [5, 5.41) is 15.8. The number of nitrogens with zero attached hydrogens (tertiary/aromatic N) is 3. The van der Waals surface area contributed by atoms with Crippen LogP contribution in [0.5, 0.6) is 5.75 Å². The molecule has 0 radical (unpaired) electrons. The van der Waals surface area contributed by atoms with Crippen molar-refractivity contribution in [2.75, 3.05) is 11.9 Å². The number of hydrogen-bond acceptors (Lipinski definition) is 4. The Labute approximate surface area is 106 Å². The van der Waals surface area contributed by atoms with Gasteiger partial charge in [-0.15, -0.1) is 0 Å². The molecule has 1 heterocycles. The van der Waals surface area contributed by atoms with Crippen molar-refractivity contribution in [2.24, 2.45) is 7.05 Å². The third-order valence-corrected chi connectivity index (χ3v) is 2.40. The highest BCUT2D eigenvalue weighted by Crippen LogP contribution is 2.14. The first-order valence-corrected chi connectivity index (χ1v) is 5.59. The summed E-state index contributed by atoms with van der Waals surface area (Å²) in [5.74, 6) is 0.710. The maximum absolute atomic E-state index is 8.45. The van der Waals surface area contributed by atoms with Crippen LogP contribution in [0, 0.1) is 11.3 Å². The minimum atomic E-state index is 0.0689. The molecule has 0 saturated heterocycles. The van der Waals surface area contributed by atoms with E-state index in [2.05, 4.69) is 10.4 Å². The quantitative estimate of drug-likeness (QED) is 0.870. The van der Waals surface area contributed by atoms with Crippen molar-refractivity contribution in [3.8, 4) is 11.8 Å². The zero-order valence-corrected chi connectivity index (χ0v) is 10.1. The Bertz CT molecular complexity index is 556. The van der Waals surface area contributed by atoms with Crippen molar-refractivity contribution in [3.05, 3.63) is 42.2 Å². The standard InChI is InChI=1S/C13H14N4O/c1-17-10-12(9-16-17)15-8-11-3-2-4-13(7-11)18-6-5-14/h2-4,7,9-10,15H,6,8H2,1H3. The predicted molar refractivity (Wildman–Crippen MR) is 68.1 cm³/mol. The molecule has 0 unspecified atom stereocenters. The number of rotatable bonds is 5. The van der Waals surface area contributed by atoms with Crippen molar-refractivity contribution < 1.29 is 4.74 Å². The van der Waals surface area contributed by atoms with E-state index < -0.39 is 0 Å². The largest absolute Gasteiger partial charge is 0.479 e. The second kappa shape index (κ2) is 5.73. The van der Waals surface area contributed by atoms with Gasteiger partial charge in [0.25, 0.3) is 0 Å². The van der Waals surface area contributed by atoms with Gasteiger partial charge >= 0.3 is 0 Å². The highest BCUT2D eigenvalue weighted by molar-refractivity contribution is 5.40. The van der Waals surface area contributed by atoms with Gasteiger partial charge in [0.15, 0.2) is 6.61 Å². The molecule has 0 amide bonds. The van der Waals surface area contributed by atoms with Gasteiger partial charge in [-0.25, -0.2) is 0 Å². The van der Waals surface area contributed by atoms with Crippen LogP contribution >= 0.6 is 0 Å². The van der Waals surface area contributed by atoms with Gasteiger partial charge in [-0.1, -0.05) is 12.1 Å². The van der Waals surface area contributed by atoms with Crippen LogP contribution in [0.4, 0.5) is 5.69 Å². The summed E-state index contributed by atoms with van der Waals surface area (Å²) in [6.45, 7) is 0.759. The van der Waals surface area contributed by atoms with Gasteiger partial charge in [0.05, 0.1) is 11.9 Å². The Morgan fingerprint density at radius 3 is 3.11 bits per heavy atom. The van der Waals surface area contributed by atoms with Crippen LogP contribution in [-0.2, 0) is 13.6 Å². The summed E-state index contributed by atoms with van der Waals surface area (Å²) in [6.07, 6.45) is 3.69. The molecule has 0 aliphatic heterocycles. The van der Waals surface area contributed by atoms with Crippen molar-refractivity contribution in [3.63, 3.8) is 0 Å². The van der Waals surface area contributed by atoms with Gasteiger partial charge in [0.2, 0.25) is 0 Å². The number of hydrogen-bond donors (Lipinski definition) is 1. The molecule has 92 valence electrons. The first-order valence-electron chi connectivity index (χ1n) is 5.59. The monoisotopic (exact) mass is 242 g/mol. The second-order valence-electron chi connectivity index (χ2n) is 3.85. The van der Waals surface area contributed by atoms with Crippen LogP contribution in [0.2, 0.25) is 0 Å². The number of ether oxygens (including phenoxy) is 1. The number of aromatic nitrogens is 2. The van der Waals surface area contributed by atoms with Gasteiger partial charge in [0.1, 0.15) is 11.8 Å². The van der Waals surface area contributed by atoms with Gasteiger partial charge in [0, 0.05) is 19.8 Å². The van der Waals surface area contributed by atoms with Crippen LogP contribution in [0.15, 0.2) is 36.7 Å².